The molecule has 1 aliphatic rings. The number of piperidine rings is 1. The van der Waals surface area contributed by atoms with Gasteiger partial charge in [0.2, 0.25) is 0 Å². The average Bonchev–Trinajstić information content (AvgIpc) is 2.42. The Bertz CT molecular complexity index is 194. The van der Waals surface area contributed by atoms with Crippen LogP contribution in [0, 0.1) is 5.92 Å². The fourth-order valence-electron chi connectivity index (χ4n) is 3.19. The van der Waals surface area contributed by atoms with Crippen LogP contribution in [-0.4, -0.2) is 37.6 Å². The molecule has 0 aromatic heterocycles. The zero-order valence-electron chi connectivity index (χ0n) is 12.9. The van der Waals surface area contributed by atoms with E-state index in [1.807, 2.05) is 0 Å². The minimum Gasteiger partial charge on any atom is -0.320 e. The van der Waals surface area contributed by atoms with Gasteiger partial charge >= 0.3 is 0 Å². The van der Waals surface area contributed by atoms with Crippen LogP contribution >= 0.6 is 0 Å². The van der Waals surface area contributed by atoms with Crippen molar-refractivity contribution in [2.45, 2.75) is 71.3 Å². The molecule has 108 valence electrons. The fraction of sp³-hybridized carbons (Fsp3) is 1.00. The van der Waals surface area contributed by atoms with E-state index in [0.29, 0.717) is 0 Å². The van der Waals surface area contributed by atoms with Gasteiger partial charge in [0.1, 0.15) is 0 Å². The smallest absolute Gasteiger partial charge is 0.0107 e. The lowest BCUT2D eigenvalue weighted by molar-refractivity contribution is 0.114. The van der Waals surface area contributed by atoms with E-state index in [1.165, 1.54) is 71.0 Å². The first kappa shape index (κ1) is 16.0. The molecule has 2 unspecified atom stereocenters. The molecule has 1 rings (SSSR count). The molecular weight excluding hydrogens is 220 g/mol. The number of unbranched alkanes of at least 4 members (excludes halogenated alkanes) is 1. The van der Waals surface area contributed by atoms with Gasteiger partial charge in [-0.3, -0.25) is 0 Å². The van der Waals surface area contributed by atoms with Crippen molar-refractivity contribution in [1.82, 2.24) is 10.2 Å². The van der Waals surface area contributed by atoms with E-state index in [2.05, 4.69) is 31.1 Å². The third kappa shape index (κ3) is 5.71. The highest BCUT2D eigenvalue weighted by molar-refractivity contribution is 4.79. The van der Waals surface area contributed by atoms with Crippen LogP contribution in [-0.2, 0) is 0 Å². The van der Waals surface area contributed by atoms with Crippen molar-refractivity contribution in [3.05, 3.63) is 0 Å². The summed E-state index contributed by atoms with van der Waals surface area (Å²) in [6, 6.07) is 0.849. The quantitative estimate of drug-likeness (QED) is 0.675. The van der Waals surface area contributed by atoms with Crippen molar-refractivity contribution in [2.24, 2.45) is 5.92 Å². The molecule has 0 spiro atoms. The highest BCUT2D eigenvalue weighted by Crippen LogP contribution is 2.23. The number of hydrogen-bond donors (Lipinski definition) is 1. The van der Waals surface area contributed by atoms with Gasteiger partial charge in [0, 0.05) is 12.6 Å². The summed E-state index contributed by atoms with van der Waals surface area (Å²) in [7, 11) is 2.07. The molecule has 0 saturated carbocycles. The van der Waals surface area contributed by atoms with E-state index in [0.717, 1.165) is 12.0 Å². The summed E-state index contributed by atoms with van der Waals surface area (Å²) >= 11 is 0. The topological polar surface area (TPSA) is 15.3 Å². The van der Waals surface area contributed by atoms with E-state index >= 15 is 0 Å². The first-order valence-corrected chi connectivity index (χ1v) is 8.20. The molecule has 18 heavy (non-hydrogen) atoms. The molecule has 0 aromatic carbocycles. The average molecular weight is 254 g/mol. The highest BCUT2D eigenvalue weighted by atomic mass is 15.2. The molecule has 2 heteroatoms. The largest absolute Gasteiger partial charge is 0.320 e. The third-order valence-corrected chi connectivity index (χ3v) is 4.51. The molecule has 0 amide bonds. The Balaban J connectivity index is 2.38. The van der Waals surface area contributed by atoms with Gasteiger partial charge in [0.25, 0.3) is 0 Å². The molecule has 1 N–H and O–H groups in total. The SMILES string of the molecule is CCCCC(CC)CN1CCCCC1CCNC. The van der Waals surface area contributed by atoms with Crippen molar-refractivity contribution in [3.63, 3.8) is 0 Å². The van der Waals surface area contributed by atoms with Gasteiger partial charge < -0.3 is 10.2 Å². The number of likely N-dealkylation sites (tertiary alicyclic amines) is 1. The Hall–Kier alpha value is -0.0800. The van der Waals surface area contributed by atoms with Crippen LogP contribution in [0.5, 0.6) is 0 Å². The number of hydrogen-bond acceptors (Lipinski definition) is 2. The maximum absolute atomic E-state index is 3.31. The molecule has 2 nitrogen and oxygen atoms in total. The summed E-state index contributed by atoms with van der Waals surface area (Å²) in [5, 5.41) is 3.31. The monoisotopic (exact) mass is 254 g/mol. The van der Waals surface area contributed by atoms with Crippen LogP contribution in [0.25, 0.3) is 0 Å². The van der Waals surface area contributed by atoms with Crippen molar-refractivity contribution in [3.8, 4) is 0 Å². The zero-order chi connectivity index (χ0) is 13.2. The molecule has 0 radical (unpaired) electrons. The van der Waals surface area contributed by atoms with E-state index in [4.69, 9.17) is 0 Å². The van der Waals surface area contributed by atoms with Crippen LogP contribution in [0.1, 0.15) is 65.2 Å². The number of nitrogens with one attached hydrogen (secondary N) is 1. The predicted molar refractivity (Wildman–Crippen MR) is 81.1 cm³/mol. The summed E-state index contributed by atoms with van der Waals surface area (Å²) in [5.41, 5.74) is 0. The number of nitrogens with zero attached hydrogens (tertiary/aromatic N) is 1. The maximum Gasteiger partial charge on any atom is 0.0107 e. The van der Waals surface area contributed by atoms with Crippen LogP contribution in [0.4, 0.5) is 0 Å². The second-order valence-electron chi connectivity index (χ2n) is 5.95. The van der Waals surface area contributed by atoms with Gasteiger partial charge in [-0.1, -0.05) is 39.5 Å². The predicted octanol–water partition coefficient (Wildman–Crippen LogP) is 3.67. The highest BCUT2D eigenvalue weighted by Gasteiger charge is 2.23. The lowest BCUT2D eigenvalue weighted by Crippen LogP contribution is -2.43. The van der Waals surface area contributed by atoms with Crippen LogP contribution in [0.3, 0.4) is 0 Å². The molecule has 0 aliphatic carbocycles. The van der Waals surface area contributed by atoms with Gasteiger partial charge in [0.05, 0.1) is 0 Å². The van der Waals surface area contributed by atoms with Crippen molar-refractivity contribution < 1.29 is 0 Å². The lowest BCUT2D eigenvalue weighted by Gasteiger charge is -2.38. The minimum absolute atomic E-state index is 0.849. The first-order chi connectivity index (χ1) is 8.81. The summed E-state index contributed by atoms with van der Waals surface area (Å²) in [6.07, 6.45) is 11.2. The van der Waals surface area contributed by atoms with E-state index < -0.39 is 0 Å². The van der Waals surface area contributed by atoms with Gasteiger partial charge in [-0.2, -0.15) is 0 Å². The Morgan fingerprint density at radius 3 is 2.78 bits per heavy atom. The minimum atomic E-state index is 0.849. The Kier molecular flexibility index (Phi) is 8.70. The Morgan fingerprint density at radius 1 is 1.28 bits per heavy atom. The van der Waals surface area contributed by atoms with Crippen molar-refractivity contribution in [1.29, 1.82) is 0 Å². The number of rotatable bonds is 9. The van der Waals surface area contributed by atoms with Gasteiger partial charge in [-0.25, -0.2) is 0 Å². The van der Waals surface area contributed by atoms with E-state index in [9.17, 15) is 0 Å². The lowest BCUT2D eigenvalue weighted by atomic mass is 9.94. The molecular formula is C16H34N2. The Labute approximate surface area is 115 Å². The molecule has 2 atom stereocenters. The molecule has 1 heterocycles. The maximum atomic E-state index is 3.31. The van der Waals surface area contributed by atoms with Gasteiger partial charge in [0.15, 0.2) is 0 Å². The zero-order valence-corrected chi connectivity index (χ0v) is 12.9. The van der Waals surface area contributed by atoms with Crippen molar-refractivity contribution >= 4 is 0 Å². The molecule has 1 saturated heterocycles. The standard InChI is InChI=1S/C16H34N2/c1-4-6-9-15(5-2)14-18-13-8-7-10-16(18)11-12-17-3/h15-17H,4-14H2,1-3H3. The Morgan fingerprint density at radius 2 is 2.11 bits per heavy atom. The van der Waals surface area contributed by atoms with Crippen molar-refractivity contribution in [2.75, 3.05) is 26.7 Å². The van der Waals surface area contributed by atoms with E-state index in [-0.39, 0.29) is 0 Å². The molecule has 0 bridgehead atoms. The summed E-state index contributed by atoms with van der Waals surface area (Å²) < 4.78 is 0. The molecule has 1 aliphatic heterocycles. The molecule has 1 fully saturated rings. The summed E-state index contributed by atoms with van der Waals surface area (Å²) in [6.45, 7) is 8.55. The van der Waals surface area contributed by atoms with Gasteiger partial charge in [-0.15, -0.1) is 0 Å². The fourth-order valence-corrected chi connectivity index (χ4v) is 3.19. The second kappa shape index (κ2) is 9.80. The van der Waals surface area contributed by atoms with E-state index in [1.54, 1.807) is 0 Å². The van der Waals surface area contributed by atoms with Crippen LogP contribution < -0.4 is 5.32 Å². The van der Waals surface area contributed by atoms with Crippen LogP contribution in [0.2, 0.25) is 0 Å². The van der Waals surface area contributed by atoms with Crippen LogP contribution in [0.15, 0.2) is 0 Å². The normalized spacial score (nSPS) is 23.2. The second-order valence-corrected chi connectivity index (χ2v) is 5.95. The summed E-state index contributed by atoms with van der Waals surface area (Å²) in [4.78, 5) is 2.80. The first-order valence-electron chi connectivity index (χ1n) is 8.20. The summed E-state index contributed by atoms with van der Waals surface area (Å²) in [5.74, 6) is 0.931. The van der Waals surface area contributed by atoms with Gasteiger partial charge in [-0.05, 0) is 51.7 Å². The third-order valence-electron chi connectivity index (χ3n) is 4.51. The molecule has 0 aromatic rings.